The third kappa shape index (κ3) is 6.30. The molecule has 3 aromatic rings. The Labute approximate surface area is 195 Å². The van der Waals surface area contributed by atoms with E-state index in [4.69, 9.17) is 4.74 Å². The van der Waals surface area contributed by atoms with Crippen LogP contribution in [0, 0.1) is 5.82 Å². The SMILES string of the molecule is CCN(CC(=O)NCCSc1n[nH]c(-c2ccccc2)n1)S(=O)(=O)c1cc(F)ccc1OC. The van der Waals surface area contributed by atoms with Crippen molar-refractivity contribution in [2.75, 3.05) is 32.5 Å². The van der Waals surface area contributed by atoms with E-state index in [1.165, 1.54) is 24.9 Å². The van der Waals surface area contributed by atoms with E-state index in [0.29, 0.717) is 23.3 Å². The van der Waals surface area contributed by atoms with Crippen LogP contribution < -0.4 is 10.1 Å². The van der Waals surface area contributed by atoms with Crippen LogP contribution >= 0.6 is 11.8 Å². The number of nitrogens with zero attached hydrogens (tertiary/aromatic N) is 3. The smallest absolute Gasteiger partial charge is 0.247 e. The van der Waals surface area contributed by atoms with Gasteiger partial charge in [-0.3, -0.25) is 9.89 Å². The topological polar surface area (TPSA) is 117 Å². The van der Waals surface area contributed by atoms with Gasteiger partial charge >= 0.3 is 0 Å². The average Bonchev–Trinajstić information content (AvgIpc) is 3.29. The highest BCUT2D eigenvalue weighted by molar-refractivity contribution is 7.99. The van der Waals surface area contributed by atoms with Gasteiger partial charge in [-0.2, -0.15) is 4.31 Å². The third-order valence-corrected chi connectivity index (χ3v) is 7.37. The maximum absolute atomic E-state index is 13.7. The zero-order chi connectivity index (χ0) is 23.8. The van der Waals surface area contributed by atoms with Crippen molar-refractivity contribution in [3.8, 4) is 17.1 Å². The van der Waals surface area contributed by atoms with Crippen LogP contribution in [0.2, 0.25) is 0 Å². The first-order valence-corrected chi connectivity index (χ1v) is 12.5. The fourth-order valence-electron chi connectivity index (χ4n) is 2.94. The summed E-state index contributed by atoms with van der Waals surface area (Å²) in [5.74, 6) is -0.0357. The molecule has 9 nitrogen and oxygen atoms in total. The molecule has 2 aromatic carbocycles. The molecule has 12 heteroatoms. The minimum absolute atomic E-state index is 0.00744. The molecule has 1 aromatic heterocycles. The lowest BCUT2D eigenvalue weighted by Crippen LogP contribution is -2.41. The van der Waals surface area contributed by atoms with Crippen LogP contribution in [0.25, 0.3) is 11.4 Å². The number of methoxy groups -OCH3 is 1. The van der Waals surface area contributed by atoms with E-state index in [-0.39, 0.29) is 17.2 Å². The van der Waals surface area contributed by atoms with Gasteiger partial charge in [-0.25, -0.2) is 17.8 Å². The maximum atomic E-state index is 13.7. The Kier molecular flexibility index (Phi) is 8.42. The molecule has 1 heterocycles. The lowest BCUT2D eigenvalue weighted by atomic mass is 10.2. The van der Waals surface area contributed by atoms with Crippen LogP contribution in [0.3, 0.4) is 0 Å². The highest BCUT2D eigenvalue weighted by atomic mass is 32.2. The molecule has 3 rings (SSSR count). The van der Waals surface area contributed by atoms with Gasteiger partial charge in [0, 0.05) is 24.4 Å². The Hall–Kier alpha value is -2.96. The number of halogens is 1. The Morgan fingerprint density at radius 1 is 1.24 bits per heavy atom. The number of rotatable bonds is 11. The molecule has 0 atom stereocenters. The minimum Gasteiger partial charge on any atom is -0.495 e. The predicted molar refractivity (Wildman–Crippen MR) is 123 cm³/mol. The highest BCUT2D eigenvalue weighted by Crippen LogP contribution is 2.27. The summed E-state index contributed by atoms with van der Waals surface area (Å²) in [5.41, 5.74) is 0.918. The molecule has 1 amide bonds. The van der Waals surface area contributed by atoms with Gasteiger partial charge in [-0.1, -0.05) is 49.0 Å². The van der Waals surface area contributed by atoms with E-state index >= 15 is 0 Å². The molecule has 2 N–H and O–H groups in total. The summed E-state index contributed by atoms with van der Waals surface area (Å²) < 4.78 is 45.5. The first-order valence-electron chi connectivity index (χ1n) is 10.1. The molecule has 0 radical (unpaired) electrons. The molecule has 0 aliphatic heterocycles. The van der Waals surface area contributed by atoms with E-state index in [1.807, 2.05) is 30.3 Å². The second-order valence-electron chi connectivity index (χ2n) is 6.76. The molecule has 176 valence electrons. The van der Waals surface area contributed by atoms with Crippen molar-refractivity contribution < 1.29 is 22.3 Å². The first kappa shape index (κ1) is 24.7. The summed E-state index contributed by atoms with van der Waals surface area (Å²) in [7, 11) is -2.83. The van der Waals surface area contributed by atoms with E-state index in [9.17, 15) is 17.6 Å². The number of aromatic nitrogens is 3. The first-order chi connectivity index (χ1) is 15.8. The number of hydrogen-bond acceptors (Lipinski definition) is 7. The normalized spacial score (nSPS) is 11.5. The van der Waals surface area contributed by atoms with Gasteiger partial charge in [-0.15, -0.1) is 5.10 Å². The zero-order valence-electron chi connectivity index (χ0n) is 18.1. The zero-order valence-corrected chi connectivity index (χ0v) is 19.7. The third-order valence-electron chi connectivity index (χ3n) is 4.58. The predicted octanol–water partition coefficient (Wildman–Crippen LogP) is 2.54. The van der Waals surface area contributed by atoms with Crippen LogP contribution in [-0.2, 0) is 14.8 Å². The molecule has 0 spiro atoms. The standard InChI is InChI=1S/C21H24FN5O4S2/c1-3-27(33(29,30)18-13-16(22)9-10-17(18)31-2)14-19(28)23-11-12-32-21-24-20(25-26-21)15-7-5-4-6-8-15/h4-10,13H,3,11-12,14H2,1-2H3,(H,23,28)(H,24,25,26). The van der Waals surface area contributed by atoms with Gasteiger partial charge in [0.25, 0.3) is 0 Å². The lowest BCUT2D eigenvalue weighted by molar-refractivity contribution is -0.121. The number of sulfonamides is 1. The average molecular weight is 494 g/mol. The number of benzene rings is 2. The van der Waals surface area contributed by atoms with Crippen LogP contribution in [0.1, 0.15) is 6.92 Å². The van der Waals surface area contributed by atoms with Gasteiger partial charge in [0.1, 0.15) is 16.5 Å². The molecular formula is C21H24FN5O4S2. The number of aromatic amines is 1. The molecular weight excluding hydrogens is 469 g/mol. The van der Waals surface area contributed by atoms with Crippen molar-refractivity contribution in [3.63, 3.8) is 0 Å². The van der Waals surface area contributed by atoms with Gasteiger partial charge in [-0.05, 0) is 18.2 Å². The second-order valence-corrected chi connectivity index (χ2v) is 9.73. The lowest BCUT2D eigenvalue weighted by Gasteiger charge is -2.21. The molecule has 0 fully saturated rings. The Balaban J connectivity index is 1.52. The van der Waals surface area contributed by atoms with Crippen molar-refractivity contribution in [3.05, 3.63) is 54.3 Å². The van der Waals surface area contributed by atoms with Crippen molar-refractivity contribution in [2.24, 2.45) is 0 Å². The second kappa shape index (κ2) is 11.3. The minimum atomic E-state index is -4.13. The van der Waals surface area contributed by atoms with Gasteiger partial charge in [0.15, 0.2) is 5.82 Å². The molecule has 0 unspecified atom stereocenters. The number of likely N-dealkylation sites (N-methyl/N-ethyl adjacent to an activating group) is 1. The summed E-state index contributed by atoms with van der Waals surface area (Å²) in [5, 5.41) is 10.2. The van der Waals surface area contributed by atoms with E-state index < -0.39 is 28.3 Å². The number of hydrogen-bond donors (Lipinski definition) is 2. The van der Waals surface area contributed by atoms with E-state index in [2.05, 4.69) is 20.5 Å². The number of carbonyl (C=O) groups excluding carboxylic acids is 1. The Morgan fingerprint density at radius 3 is 2.70 bits per heavy atom. The van der Waals surface area contributed by atoms with Crippen molar-refractivity contribution >= 4 is 27.7 Å². The van der Waals surface area contributed by atoms with E-state index in [1.54, 1.807) is 6.92 Å². The van der Waals surface area contributed by atoms with Crippen LogP contribution in [0.4, 0.5) is 4.39 Å². The summed E-state index contributed by atoms with van der Waals surface area (Å²) >= 11 is 1.35. The number of H-pyrrole nitrogens is 1. The van der Waals surface area contributed by atoms with Gasteiger partial charge in [0.2, 0.25) is 21.1 Å². The molecule has 0 bridgehead atoms. The number of thioether (sulfide) groups is 1. The van der Waals surface area contributed by atoms with Crippen molar-refractivity contribution in [1.29, 1.82) is 0 Å². The molecule has 0 saturated heterocycles. The highest BCUT2D eigenvalue weighted by Gasteiger charge is 2.28. The van der Waals surface area contributed by atoms with Crippen molar-refractivity contribution in [2.45, 2.75) is 17.0 Å². The number of ether oxygens (including phenoxy) is 1. The quantitative estimate of drug-likeness (QED) is 0.311. The largest absolute Gasteiger partial charge is 0.495 e. The summed E-state index contributed by atoms with van der Waals surface area (Å²) in [4.78, 5) is 16.4. The summed E-state index contributed by atoms with van der Waals surface area (Å²) in [6, 6.07) is 12.8. The van der Waals surface area contributed by atoms with Crippen molar-refractivity contribution in [1.82, 2.24) is 24.8 Å². The molecule has 0 aliphatic rings. The van der Waals surface area contributed by atoms with Gasteiger partial charge in [0.05, 0.1) is 13.7 Å². The summed E-state index contributed by atoms with van der Waals surface area (Å²) in [6.07, 6.45) is 0. The number of carbonyl (C=O) groups is 1. The van der Waals surface area contributed by atoms with Crippen LogP contribution in [0.5, 0.6) is 5.75 Å². The molecule has 33 heavy (non-hydrogen) atoms. The van der Waals surface area contributed by atoms with Crippen LogP contribution in [0.15, 0.2) is 58.6 Å². The van der Waals surface area contributed by atoms with E-state index in [0.717, 1.165) is 22.0 Å². The number of amides is 1. The summed E-state index contributed by atoms with van der Waals surface area (Å²) in [6.45, 7) is 1.52. The maximum Gasteiger partial charge on any atom is 0.247 e. The molecule has 0 saturated carbocycles. The fourth-order valence-corrected chi connectivity index (χ4v) is 5.17. The molecule has 0 aliphatic carbocycles. The fraction of sp³-hybridized carbons (Fsp3) is 0.286. The monoisotopic (exact) mass is 493 g/mol. The Bertz CT molecular complexity index is 1190. The van der Waals surface area contributed by atoms with Gasteiger partial charge < -0.3 is 10.1 Å². The number of nitrogens with one attached hydrogen (secondary N) is 2. The Morgan fingerprint density at radius 2 is 2.00 bits per heavy atom. The van der Waals surface area contributed by atoms with Crippen LogP contribution in [-0.4, -0.2) is 66.3 Å².